The van der Waals surface area contributed by atoms with Crippen LogP contribution in [0, 0.1) is 10.1 Å². The van der Waals surface area contributed by atoms with Gasteiger partial charge in [0.2, 0.25) is 0 Å². The maximum Gasteiger partial charge on any atom is 0.357 e. The molecule has 1 aromatic carbocycles. The van der Waals surface area contributed by atoms with Crippen LogP contribution in [0.2, 0.25) is 0 Å². The van der Waals surface area contributed by atoms with Crippen LogP contribution in [-0.2, 0) is 4.79 Å². The normalized spacial score (nSPS) is 10.7. The lowest BCUT2D eigenvalue weighted by Gasteiger charge is -2.11. The van der Waals surface area contributed by atoms with Crippen molar-refractivity contribution in [3.8, 4) is 11.5 Å². The van der Waals surface area contributed by atoms with Gasteiger partial charge in [0.25, 0.3) is 0 Å². The number of rotatable bonds is 8. The van der Waals surface area contributed by atoms with Crippen LogP contribution in [0.1, 0.15) is 18.2 Å². The van der Waals surface area contributed by atoms with Gasteiger partial charge in [-0.05, 0) is 30.7 Å². The van der Waals surface area contributed by atoms with E-state index in [4.69, 9.17) is 14.6 Å². The third-order valence-electron chi connectivity index (χ3n) is 3.19. The highest BCUT2D eigenvalue weighted by Gasteiger charge is 2.18. The van der Waals surface area contributed by atoms with E-state index in [2.05, 4.69) is 4.98 Å². The van der Waals surface area contributed by atoms with E-state index < -0.39 is 34.4 Å². The number of aliphatic carboxylic acids is 1. The average Bonchev–Trinajstić information content (AvgIpc) is 2.58. The zero-order valence-corrected chi connectivity index (χ0v) is 14.1. The minimum Gasteiger partial charge on any atom is -0.490 e. The topological polar surface area (TPSA) is 165 Å². The van der Waals surface area contributed by atoms with Crippen LogP contribution >= 0.6 is 0 Å². The molecule has 142 valence electrons. The number of hydrogen-bond donors (Lipinski definition) is 3. The molecule has 2 rings (SSSR count). The molecule has 0 amide bonds. The second-order valence-corrected chi connectivity index (χ2v) is 5.08. The van der Waals surface area contributed by atoms with Gasteiger partial charge >= 0.3 is 22.9 Å². The van der Waals surface area contributed by atoms with Gasteiger partial charge in [-0.2, -0.15) is 0 Å². The zero-order valence-electron chi connectivity index (χ0n) is 14.1. The van der Waals surface area contributed by atoms with Gasteiger partial charge in [0.05, 0.1) is 11.5 Å². The molecule has 0 unspecified atom stereocenters. The summed E-state index contributed by atoms with van der Waals surface area (Å²) in [5.41, 5.74) is -2.54. The number of nitro groups is 1. The van der Waals surface area contributed by atoms with Crippen LogP contribution in [0.15, 0.2) is 27.8 Å². The number of carbonyl (C=O) groups is 1. The molecule has 11 nitrogen and oxygen atoms in total. The quantitative estimate of drug-likeness (QED) is 0.453. The molecule has 0 atom stereocenters. The maximum absolute atomic E-state index is 11.6. The predicted molar refractivity (Wildman–Crippen MR) is 94.0 cm³/mol. The number of aromatic nitrogens is 2. The first kappa shape index (κ1) is 19.4. The summed E-state index contributed by atoms with van der Waals surface area (Å²) in [6.07, 6.45) is 2.62. The molecular formula is C16H15N3O8. The number of nitrogens with zero attached hydrogens (tertiary/aromatic N) is 1. The van der Waals surface area contributed by atoms with E-state index in [1.54, 1.807) is 18.0 Å². The van der Waals surface area contributed by atoms with Gasteiger partial charge < -0.3 is 19.6 Å². The van der Waals surface area contributed by atoms with Crippen LogP contribution < -0.4 is 20.7 Å². The molecule has 0 aliphatic heterocycles. The van der Waals surface area contributed by atoms with Crippen molar-refractivity contribution >= 4 is 23.8 Å². The molecule has 0 radical (unpaired) electrons. The fourth-order valence-electron chi connectivity index (χ4n) is 2.13. The molecule has 0 saturated carbocycles. The van der Waals surface area contributed by atoms with Crippen molar-refractivity contribution in [2.75, 3.05) is 13.2 Å². The Morgan fingerprint density at radius 2 is 1.96 bits per heavy atom. The predicted octanol–water partition coefficient (Wildman–Crippen LogP) is 1.00. The Bertz CT molecular complexity index is 1010. The summed E-state index contributed by atoms with van der Waals surface area (Å²) in [7, 11) is 0. The van der Waals surface area contributed by atoms with Crippen molar-refractivity contribution < 1.29 is 24.3 Å². The first-order valence-corrected chi connectivity index (χ1v) is 7.62. The second-order valence-electron chi connectivity index (χ2n) is 5.08. The van der Waals surface area contributed by atoms with Crippen LogP contribution in [0.3, 0.4) is 0 Å². The molecule has 0 spiro atoms. The van der Waals surface area contributed by atoms with E-state index in [0.29, 0.717) is 12.2 Å². The fourth-order valence-corrected chi connectivity index (χ4v) is 2.13. The number of ether oxygens (including phenoxy) is 2. The van der Waals surface area contributed by atoms with Crippen molar-refractivity contribution in [2.45, 2.75) is 6.92 Å². The molecule has 0 saturated heterocycles. The van der Waals surface area contributed by atoms with Crippen molar-refractivity contribution in [3.63, 3.8) is 0 Å². The smallest absolute Gasteiger partial charge is 0.357 e. The fraction of sp³-hybridized carbons (Fsp3) is 0.188. The van der Waals surface area contributed by atoms with E-state index in [9.17, 15) is 24.5 Å². The van der Waals surface area contributed by atoms with Crippen molar-refractivity contribution in [1.82, 2.24) is 9.97 Å². The Morgan fingerprint density at radius 1 is 1.22 bits per heavy atom. The Balaban J connectivity index is 2.39. The molecule has 0 bridgehead atoms. The zero-order chi connectivity index (χ0) is 20.0. The third kappa shape index (κ3) is 5.04. The highest BCUT2D eigenvalue weighted by Crippen LogP contribution is 2.29. The van der Waals surface area contributed by atoms with Crippen LogP contribution in [0.4, 0.5) is 5.69 Å². The van der Waals surface area contributed by atoms with Gasteiger partial charge in [-0.25, -0.2) is 9.59 Å². The Hall–Kier alpha value is -3.89. The van der Waals surface area contributed by atoms with Crippen LogP contribution in [0.5, 0.6) is 11.5 Å². The standard InChI is InChI=1S/C16H15N3O8/c1-2-26-12-7-9(4-6-11(12)27-8-13(20)21)3-5-10-14(19(24)25)15(22)18-16(23)17-10/h3-7H,2,8H2,1H3,(H,20,21)(H2,17,18,22,23)/b5-3-. The maximum atomic E-state index is 11.6. The van der Waals surface area contributed by atoms with E-state index >= 15 is 0 Å². The summed E-state index contributed by atoms with van der Waals surface area (Å²) >= 11 is 0. The number of carboxylic acids is 1. The number of carboxylic acid groups (broad SMARTS) is 1. The van der Waals surface area contributed by atoms with Crippen molar-refractivity contribution in [1.29, 1.82) is 0 Å². The molecule has 0 fully saturated rings. The van der Waals surface area contributed by atoms with Crippen LogP contribution in [0.25, 0.3) is 12.2 Å². The molecule has 27 heavy (non-hydrogen) atoms. The Morgan fingerprint density at radius 3 is 2.59 bits per heavy atom. The minimum absolute atomic E-state index is 0.215. The summed E-state index contributed by atoms with van der Waals surface area (Å²) in [5, 5.41) is 19.7. The highest BCUT2D eigenvalue weighted by atomic mass is 16.6. The molecule has 0 aliphatic carbocycles. The summed E-state index contributed by atoms with van der Waals surface area (Å²) in [6, 6.07) is 4.55. The summed E-state index contributed by atoms with van der Waals surface area (Å²) in [6.45, 7) is 1.48. The number of H-pyrrole nitrogens is 2. The monoisotopic (exact) mass is 377 g/mol. The van der Waals surface area contributed by atoms with Crippen LogP contribution in [-0.4, -0.2) is 39.2 Å². The first-order chi connectivity index (χ1) is 12.8. The summed E-state index contributed by atoms with van der Waals surface area (Å²) in [5.74, 6) is -0.659. The van der Waals surface area contributed by atoms with Crippen molar-refractivity contribution in [3.05, 3.63) is 60.4 Å². The minimum atomic E-state index is -1.15. The van der Waals surface area contributed by atoms with E-state index in [-0.39, 0.29) is 17.2 Å². The lowest BCUT2D eigenvalue weighted by Crippen LogP contribution is -2.25. The van der Waals surface area contributed by atoms with Gasteiger partial charge in [0, 0.05) is 0 Å². The molecule has 3 N–H and O–H groups in total. The van der Waals surface area contributed by atoms with Gasteiger partial charge in [0.15, 0.2) is 18.1 Å². The van der Waals surface area contributed by atoms with E-state index in [1.165, 1.54) is 24.3 Å². The van der Waals surface area contributed by atoms with Gasteiger partial charge in [0.1, 0.15) is 5.69 Å². The first-order valence-electron chi connectivity index (χ1n) is 7.62. The van der Waals surface area contributed by atoms with Gasteiger partial charge in [-0.1, -0.05) is 12.1 Å². The van der Waals surface area contributed by atoms with Gasteiger partial charge in [-0.3, -0.25) is 19.9 Å². The van der Waals surface area contributed by atoms with E-state index in [0.717, 1.165) is 0 Å². The second kappa shape index (κ2) is 8.47. The molecule has 0 aliphatic rings. The molecule has 1 aromatic heterocycles. The third-order valence-corrected chi connectivity index (χ3v) is 3.19. The number of aromatic amines is 2. The average molecular weight is 377 g/mol. The Kier molecular flexibility index (Phi) is 6.10. The Labute approximate surface area is 151 Å². The lowest BCUT2D eigenvalue weighted by molar-refractivity contribution is -0.386. The lowest BCUT2D eigenvalue weighted by atomic mass is 10.1. The summed E-state index contributed by atoms with van der Waals surface area (Å²) in [4.78, 5) is 47.7. The SMILES string of the molecule is CCOc1cc(/C=C\c2[nH]c(=O)[nH]c(=O)c2[N+](=O)[O-])ccc1OCC(=O)O. The summed E-state index contributed by atoms with van der Waals surface area (Å²) < 4.78 is 10.5. The highest BCUT2D eigenvalue weighted by molar-refractivity contribution is 5.73. The largest absolute Gasteiger partial charge is 0.490 e. The molecule has 1 heterocycles. The number of benzene rings is 1. The molecular weight excluding hydrogens is 362 g/mol. The van der Waals surface area contributed by atoms with Gasteiger partial charge in [-0.15, -0.1) is 0 Å². The molecule has 2 aromatic rings. The number of hydrogen-bond acceptors (Lipinski definition) is 7. The van der Waals surface area contributed by atoms with E-state index in [1.807, 2.05) is 0 Å². The number of nitrogens with one attached hydrogen (secondary N) is 2. The molecule has 11 heteroatoms. The van der Waals surface area contributed by atoms with Crippen molar-refractivity contribution in [2.24, 2.45) is 0 Å².